The maximum atomic E-state index is 6.36. The van der Waals surface area contributed by atoms with Gasteiger partial charge in [-0.15, -0.1) is 0 Å². The van der Waals surface area contributed by atoms with Crippen molar-refractivity contribution in [3.63, 3.8) is 0 Å². The van der Waals surface area contributed by atoms with Crippen molar-refractivity contribution in [2.45, 2.75) is 57.6 Å². The zero-order valence-corrected chi connectivity index (χ0v) is 12.9. The Morgan fingerprint density at radius 3 is 2.84 bits per heavy atom. The van der Waals surface area contributed by atoms with Crippen LogP contribution in [0.3, 0.4) is 0 Å². The summed E-state index contributed by atoms with van der Waals surface area (Å²) < 4.78 is 6.36. The molecule has 2 atom stereocenters. The average molecular weight is 282 g/mol. The van der Waals surface area contributed by atoms with Crippen LogP contribution >= 0.6 is 11.6 Å². The van der Waals surface area contributed by atoms with Crippen LogP contribution < -0.4 is 10.1 Å². The Morgan fingerprint density at radius 1 is 1.42 bits per heavy atom. The van der Waals surface area contributed by atoms with Crippen molar-refractivity contribution in [2.24, 2.45) is 0 Å². The van der Waals surface area contributed by atoms with E-state index in [0.717, 1.165) is 30.0 Å². The van der Waals surface area contributed by atoms with Crippen LogP contribution in [0.4, 0.5) is 0 Å². The topological polar surface area (TPSA) is 21.3 Å². The smallest absolute Gasteiger partial charge is 0.125 e. The van der Waals surface area contributed by atoms with Gasteiger partial charge in [-0.1, -0.05) is 31.9 Å². The summed E-state index contributed by atoms with van der Waals surface area (Å²) in [6.45, 7) is 4.46. The molecule has 1 aliphatic heterocycles. The second-order valence-corrected chi connectivity index (χ2v) is 5.91. The van der Waals surface area contributed by atoms with Gasteiger partial charge in [-0.3, -0.25) is 0 Å². The van der Waals surface area contributed by atoms with Gasteiger partial charge in [0.15, 0.2) is 0 Å². The second kappa shape index (κ2) is 6.15. The molecule has 0 amide bonds. The molecule has 0 aromatic heterocycles. The van der Waals surface area contributed by atoms with Crippen molar-refractivity contribution in [1.82, 2.24) is 5.32 Å². The molecule has 2 unspecified atom stereocenters. The van der Waals surface area contributed by atoms with E-state index in [2.05, 4.69) is 19.2 Å². The van der Waals surface area contributed by atoms with E-state index in [0.29, 0.717) is 6.04 Å². The quantitative estimate of drug-likeness (QED) is 0.843. The lowest BCUT2D eigenvalue weighted by atomic mass is 9.82. The van der Waals surface area contributed by atoms with Gasteiger partial charge >= 0.3 is 0 Å². The van der Waals surface area contributed by atoms with Crippen LogP contribution in [0.5, 0.6) is 5.75 Å². The monoisotopic (exact) mass is 281 g/mol. The van der Waals surface area contributed by atoms with E-state index < -0.39 is 0 Å². The average Bonchev–Trinajstić information content (AvgIpc) is 2.44. The van der Waals surface area contributed by atoms with Gasteiger partial charge in [0.2, 0.25) is 0 Å². The van der Waals surface area contributed by atoms with Crippen molar-refractivity contribution in [1.29, 1.82) is 0 Å². The highest BCUT2D eigenvalue weighted by Gasteiger charge is 2.38. The summed E-state index contributed by atoms with van der Waals surface area (Å²) in [7, 11) is 2.01. The van der Waals surface area contributed by atoms with Crippen LogP contribution in [-0.2, 0) is 0 Å². The predicted octanol–water partition coefficient (Wildman–Crippen LogP) is 4.72. The first-order valence-electron chi connectivity index (χ1n) is 7.30. The van der Waals surface area contributed by atoms with Crippen LogP contribution in [0.25, 0.3) is 0 Å². The first-order valence-corrected chi connectivity index (χ1v) is 7.67. The number of benzene rings is 1. The van der Waals surface area contributed by atoms with Crippen LogP contribution in [0.15, 0.2) is 18.2 Å². The van der Waals surface area contributed by atoms with E-state index in [1.807, 2.05) is 25.2 Å². The molecule has 0 bridgehead atoms. The third-order valence-corrected chi connectivity index (χ3v) is 4.46. The first kappa shape index (κ1) is 14.7. The second-order valence-electron chi connectivity index (χ2n) is 5.47. The summed E-state index contributed by atoms with van der Waals surface area (Å²) in [5, 5.41) is 4.19. The molecule has 1 heterocycles. The Kier molecular flexibility index (Phi) is 4.75. The minimum Gasteiger partial charge on any atom is -0.487 e. The number of rotatable bonds is 5. The van der Waals surface area contributed by atoms with Gasteiger partial charge in [0.05, 0.1) is 0 Å². The fourth-order valence-corrected chi connectivity index (χ4v) is 3.12. The van der Waals surface area contributed by atoms with Crippen molar-refractivity contribution in [2.75, 3.05) is 7.05 Å². The highest BCUT2D eigenvalue weighted by atomic mass is 35.5. The normalized spacial score (nSPS) is 25.8. The van der Waals surface area contributed by atoms with Gasteiger partial charge in [-0.05, 0) is 44.5 Å². The molecule has 0 spiro atoms. The third-order valence-electron chi connectivity index (χ3n) is 4.23. The van der Waals surface area contributed by atoms with Crippen LogP contribution in [0, 0.1) is 0 Å². The van der Waals surface area contributed by atoms with Crippen LogP contribution in [0.1, 0.15) is 57.6 Å². The molecule has 0 saturated carbocycles. The van der Waals surface area contributed by atoms with E-state index in [1.165, 1.54) is 18.4 Å². The van der Waals surface area contributed by atoms with Crippen molar-refractivity contribution in [3.8, 4) is 5.75 Å². The van der Waals surface area contributed by atoms with Gasteiger partial charge in [0.25, 0.3) is 0 Å². The van der Waals surface area contributed by atoms with E-state index in [4.69, 9.17) is 16.3 Å². The summed E-state index contributed by atoms with van der Waals surface area (Å²) in [5.41, 5.74) is 1.17. The summed E-state index contributed by atoms with van der Waals surface area (Å²) >= 11 is 6.10. The molecule has 0 saturated heterocycles. The maximum Gasteiger partial charge on any atom is 0.125 e. The highest BCUT2D eigenvalue weighted by molar-refractivity contribution is 6.30. The molecule has 2 nitrogen and oxygen atoms in total. The molecule has 0 fully saturated rings. The van der Waals surface area contributed by atoms with Gasteiger partial charge in [-0.25, -0.2) is 0 Å². The lowest BCUT2D eigenvalue weighted by Gasteiger charge is -2.42. The molecule has 106 valence electrons. The zero-order chi connectivity index (χ0) is 13.9. The minimum absolute atomic E-state index is 0.0233. The van der Waals surface area contributed by atoms with E-state index >= 15 is 0 Å². The molecular formula is C16H24ClNO. The van der Waals surface area contributed by atoms with Crippen molar-refractivity contribution >= 4 is 11.6 Å². The van der Waals surface area contributed by atoms with E-state index in [1.54, 1.807) is 0 Å². The number of nitrogens with one attached hydrogen (secondary N) is 1. The third kappa shape index (κ3) is 3.06. The largest absolute Gasteiger partial charge is 0.487 e. The number of ether oxygens (including phenoxy) is 1. The molecule has 0 radical (unpaired) electrons. The Balaban J connectivity index is 2.32. The standard InChI is InChI=1S/C16H24ClNO/c1-4-6-9-16(5-2)11-14(18-3)13-10-12(17)7-8-15(13)19-16/h7-8,10,14,18H,4-6,9,11H2,1-3H3. The van der Waals surface area contributed by atoms with Crippen LogP contribution in [-0.4, -0.2) is 12.6 Å². The lowest BCUT2D eigenvalue weighted by Crippen LogP contribution is -2.43. The number of halogens is 1. The van der Waals surface area contributed by atoms with Gasteiger partial charge < -0.3 is 10.1 Å². The van der Waals surface area contributed by atoms with Crippen molar-refractivity contribution in [3.05, 3.63) is 28.8 Å². The number of hydrogen-bond acceptors (Lipinski definition) is 2. The number of fused-ring (bicyclic) bond motifs is 1. The Morgan fingerprint density at radius 2 is 2.21 bits per heavy atom. The Bertz CT molecular complexity index is 435. The maximum absolute atomic E-state index is 6.36. The molecule has 1 aromatic rings. The molecule has 1 aromatic carbocycles. The van der Waals surface area contributed by atoms with Gasteiger partial charge in [0.1, 0.15) is 11.4 Å². The molecule has 0 aliphatic carbocycles. The first-order chi connectivity index (χ1) is 9.14. The molecule has 19 heavy (non-hydrogen) atoms. The van der Waals surface area contributed by atoms with Crippen LogP contribution in [0.2, 0.25) is 5.02 Å². The highest BCUT2D eigenvalue weighted by Crippen LogP contribution is 2.44. The molecule has 2 rings (SSSR count). The molecular weight excluding hydrogens is 258 g/mol. The Labute approximate surface area is 121 Å². The fourth-order valence-electron chi connectivity index (χ4n) is 2.94. The summed E-state index contributed by atoms with van der Waals surface area (Å²) in [6.07, 6.45) is 5.62. The number of hydrogen-bond donors (Lipinski definition) is 1. The fraction of sp³-hybridized carbons (Fsp3) is 0.625. The Hall–Kier alpha value is -0.730. The predicted molar refractivity (Wildman–Crippen MR) is 81.0 cm³/mol. The van der Waals surface area contributed by atoms with Crippen molar-refractivity contribution < 1.29 is 4.74 Å². The van der Waals surface area contributed by atoms with Gasteiger partial charge in [-0.2, -0.15) is 0 Å². The molecule has 1 N–H and O–H groups in total. The van der Waals surface area contributed by atoms with Gasteiger partial charge in [0, 0.05) is 23.0 Å². The minimum atomic E-state index is -0.0233. The van der Waals surface area contributed by atoms with E-state index in [-0.39, 0.29) is 5.60 Å². The lowest BCUT2D eigenvalue weighted by molar-refractivity contribution is 0.0176. The zero-order valence-electron chi connectivity index (χ0n) is 12.1. The SMILES string of the molecule is CCCCC1(CC)CC(NC)c2cc(Cl)ccc2O1. The molecule has 3 heteroatoms. The van der Waals surface area contributed by atoms with E-state index in [9.17, 15) is 0 Å². The summed E-state index contributed by atoms with van der Waals surface area (Å²) in [4.78, 5) is 0. The number of unbranched alkanes of at least 4 members (excludes halogenated alkanes) is 1. The summed E-state index contributed by atoms with van der Waals surface area (Å²) in [6, 6.07) is 6.28. The summed E-state index contributed by atoms with van der Waals surface area (Å²) in [5.74, 6) is 0.993. The molecule has 1 aliphatic rings.